The SMILES string of the molecule is CCC(NC(CCO)CSC)c1cnn(C)c1. The number of aryl methyl sites for hydroxylation is 1. The molecule has 0 aromatic carbocycles. The van der Waals surface area contributed by atoms with Crippen LogP contribution in [0.1, 0.15) is 31.4 Å². The Bertz CT molecular complexity index is 310. The Morgan fingerprint density at radius 3 is 2.82 bits per heavy atom. The molecule has 0 aliphatic rings. The average Bonchev–Trinajstić information content (AvgIpc) is 2.73. The minimum Gasteiger partial charge on any atom is -0.396 e. The van der Waals surface area contributed by atoms with Gasteiger partial charge in [0, 0.05) is 43.3 Å². The molecule has 2 N–H and O–H groups in total. The smallest absolute Gasteiger partial charge is 0.0537 e. The first-order valence-electron chi connectivity index (χ1n) is 6.05. The largest absolute Gasteiger partial charge is 0.396 e. The molecular formula is C12H23N3OS. The summed E-state index contributed by atoms with van der Waals surface area (Å²) in [4.78, 5) is 0. The lowest BCUT2D eigenvalue weighted by Gasteiger charge is -2.23. The van der Waals surface area contributed by atoms with Crippen LogP contribution in [0.25, 0.3) is 0 Å². The minimum absolute atomic E-state index is 0.238. The zero-order chi connectivity index (χ0) is 12.7. The number of nitrogens with zero attached hydrogens (tertiary/aromatic N) is 2. The van der Waals surface area contributed by atoms with E-state index in [-0.39, 0.29) is 6.61 Å². The molecule has 0 fully saturated rings. The molecule has 0 radical (unpaired) electrons. The summed E-state index contributed by atoms with van der Waals surface area (Å²) < 4.78 is 1.83. The highest BCUT2D eigenvalue weighted by Crippen LogP contribution is 2.17. The maximum atomic E-state index is 9.06. The van der Waals surface area contributed by atoms with Gasteiger partial charge in [-0.2, -0.15) is 16.9 Å². The first-order valence-corrected chi connectivity index (χ1v) is 7.45. The van der Waals surface area contributed by atoms with Gasteiger partial charge in [0.1, 0.15) is 0 Å². The fourth-order valence-corrected chi connectivity index (χ4v) is 2.59. The number of nitrogens with one attached hydrogen (secondary N) is 1. The van der Waals surface area contributed by atoms with Crippen molar-refractivity contribution in [3.8, 4) is 0 Å². The molecule has 0 saturated heterocycles. The standard InChI is InChI=1S/C12H23N3OS/c1-4-12(10-7-13-15(2)8-10)14-11(5-6-16)9-17-3/h7-8,11-12,14,16H,4-6,9H2,1-3H3. The first kappa shape index (κ1) is 14.5. The molecular weight excluding hydrogens is 234 g/mol. The van der Waals surface area contributed by atoms with E-state index in [4.69, 9.17) is 5.11 Å². The number of aliphatic hydroxyl groups is 1. The predicted octanol–water partition coefficient (Wildman–Crippen LogP) is 1.57. The molecule has 5 heteroatoms. The van der Waals surface area contributed by atoms with Gasteiger partial charge in [0.05, 0.1) is 6.20 Å². The maximum Gasteiger partial charge on any atom is 0.0537 e. The zero-order valence-corrected chi connectivity index (χ0v) is 11.7. The summed E-state index contributed by atoms with van der Waals surface area (Å²) >= 11 is 1.81. The number of aliphatic hydroxyl groups excluding tert-OH is 1. The van der Waals surface area contributed by atoms with Crippen LogP contribution in [0, 0.1) is 0 Å². The van der Waals surface area contributed by atoms with E-state index in [1.807, 2.05) is 29.7 Å². The fourth-order valence-electron chi connectivity index (χ4n) is 1.93. The van der Waals surface area contributed by atoms with E-state index in [2.05, 4.69) is 29.8 Å². The molecule has 0 aliphatic heterocycles. The van der Waals surface area contributed by atoms with Crippen molar-refractivity contribution in [2.75, 3.05) is 18.6 Å². The van der Waals surface area contributed by atoms with E-state index in [1.165, 1.54) is 5.56 Å². The quantitative estimate of drug-likeness (QED) is 0.742. The molecule has 1 aromatic heterocycles. The van der Waals surface area contributed by atoms with Gasteiger partial charge in [0.15, 0.2) is 0 Å². The Balaban J connectivity index is 2.60. The second kappa shape index (κ2) is 7.74. The minimum atomic E-state index is 0.238. The molecule has 2 unspecified atom stereocenters. The van der Waals surface area contributed by atoms with Crippen LogP contribution in [0.5, 0.6) is 0 Å². The van der Waals surface area contributed by atoms with Gasteiger partial charge in [-0.1, -0.05) is 6.92 Å². The molecule has 17 heavy (non-hydrogen) atoms. The Morgan fingerprint density at radius 2 is 2.35 bits per heavy atom. The lowest BCUT2D eigenvalue weighted by molar-refractivity contribution is 0.263. The van der Waals surface area contributed by atoms with Crippen LogP contribution in [0.15, 0.2) is 12.4 Å². The number of hydrogen-bond donors (Lipinski definition) is 2. The first-order chi connectivity index (χ1) is 8.21. The van der Waals surface area contributed by atoms with Gasteiger partial charge in [-0.05, 0) is 19.1 Å². The topological polar surface area (TPSA) is 50.1 Å². The Morgan fingerprint density at radius 1 is 1.59 bits per heavy atom. The predicted molar refractivity (Wildman–Crippen MR) is 73.2 cm³/mol. The van der Waals surface area contributed by atoms with Crippen LogP contribution in [0.4, 0.5) is 0 Å². The number of rotatable bonds is 8. The highest BCUT2D eigenvalue weighted by Gasteiger charge is 2.16. The van der Waals surface area contributed by atoms with Gasteiger partial charge in [-0.15, -0.1) is 0 Å². The number of hydrogen-bond acceptors (Lipinski definition) is 4. The molecule has 0 amide bonds. The zero-order valence-electron chi connectivity index (χ0n) is 10.9. The number of aromatic nitrogens is 2. The van der Waals surface area contributed by atoms with Crippen molar-refractivity contribution in [3.63, 3.8) is 0 Å². The Labute approximate surface area is 108 Å². The Hall–Kier alpha value is -0.520. The molecule has 2 atom stereocenters. The van der Waals surface area contributed by atoms with Crippen LogP contribution in [0.3, 0.4) is 0 Å². The summed E-state index contributed by atoms with van der Waals surface area (Å²) in [6, 6.07) is 0.688. The Kier molecular flexibility index (Phi) is 6.62. The summed E-state index contributed by atoms with van der Waals surface area (Å²) in [5.74, 6) is 1.03. The van der Waals surface area contributed by atoms with Crippen molar-refractivity contribution in [3.05, 3.63) is 18.0 Å². The van der Waals surface area contributed by atoms with Crippen LogP contribution < -0.4 is 5.32 Å². The lowest BCUT2D eigenvalue weighted by atomic mass is 10.1. The van der Waals surface area contributed by atoms with E-state index in [1.54, 1.807) is 0 Å². The molecule has 0 bridgehead atoms. The molecule has 1 heterocycles. The van der Waals surface area contributed by atoms with Crippen LogP contribution in [-0.2, 0) is 7.05 Å². The molecule has 98 valence electrons. The highest BCUT2D eigenvalue weighted by atomic mass is 32.2. The van der Waals surface area contributed by atoms with Crippen LogP contribution >= 0.6 is 11.8 Å². The molecule has 4 nitrogen and oxygen atoms in total. The molecule has 0 saturated carbocycles. The summed E-state index contributed by atoms with van der Waals surface area (Å²) in [5.41, 5.74) is 1.22. The average molecular weight is 257 g/mol. The summed E-state index contributed by atoms with van der Waals surface area (Å²) in [6.45, 7) is 2.40. The van der Waals surface area contributed by atoms with Gasteiger partial charge < -0.3 is 10.4 Å². The summed E-state index contributed by atoms with van der Waals surface area (Å²) in [5, 5.41) is 16.9. The summed E-state index contributed by atoms with van der Waals surface area (Å²) in [7, 11) is 1.93. The van der Waals surface area contributed by atoms with E-state index in [0.29, 0.717) is 12.1 Å². The molecule has 1 rings (SSSR count). The van der Waals surface area contributed by atoms with Crippen molar-refractivity contribution in [2.45, 2.75) is 31.8 Å². The van der Waals surface area contributed by atoms with Crippen molar-refractivity contribution in [2.24, 2.45) is 7.05 Å². The van der Waals surface area contributed by atoms with E-state index < -0.39 is 0 Å². The van der Waals surface area contributed by atoms with Crippen molar-refractivity contribution < 1.29 is 5.11 Å². The van der Waals surface area contributed by atoms with Crippen LogP contribution in [0.2, 0.25) is 0 Å². The van der Waals surface area contributed by atoms with Crippen molar-refractivity contribution >= 4 is 11.8 Å². The van der Waals surface area contributed by atoms with E-state index >= 15 is 0 Å². The van der Waals surface area contributed by atoms with Crippen molar-refractivity contribution in [1.82, 2.24) is 15.1 Å². The molecule has 0 spiro atoms. The van der Waals surface area contributed by atoms with Gasteiger partial charge in [-0.3, -0.25) is 4.68 Å². The third-order valence-corrected chi connectivity index (χ3v) is 3.55. The summed E-state index contributed by atoms with van der Waals surface area (Å²) in [6.07, 6.45) is 7.89. The van der Waals surface area contributed by atoms with Gasteiger partial charge in [0.2, 0.25) is 0 Å². The van der Waals surface area contributed by atoms with Gasteiger partial charge in [0.25, 0.3) is 0 Å². The third kappa shape index (κ3) is 4.69. The molecule has 0 aliphatic carbocycles. The lowest BCUT2D eigenvalue weighted by Crippen LogP contribution is -2.35. The second-order valence-corrected chi connectivity index (χ2v) is 5.15. The van der Waals surface area contributed by atoms with Gasteiger partial charge in [-0.25, -0.2) is 0 Å². The second-order valence-electron chi connectivity index (χ2n) is 4.24. The van der Waals surface area contributed by atoms with Gasteiger partial charge >= 0.3 is 0 Å². The number of thioether (sulfide) groups is 1. The fraction of sp³-hybridized carbons (Fsp3) is 0.750. The van der Waals surface area contributed by atoms with Crippen molar-refractivity contribution in [1.29, 1.82) is 0 Å². The van der Waals surface area contributed by atoms with Crippen LogP contribution in [-0.4, -0.2) is 39.5 Å². The van der Waals surface area contributed by atoms with E-state index in [0.717, 1.165) is 18.6 Å². The normalized spacial score (nSPS) is 14.8. The maximum absolute atomic E-state index is 9.06. The third-order valence-electron chi connectivity index (χ3n) is 2.82. The highest BCUT2D eigenvalue weighted by molar-refractivity contribution is 7.98. The van der Waals surface area contributed by atoms with E-state index in [9.17, 15) is 0 Å². The monoisotopic (exact) mass is 257 g/mol. The molecule has 1 aromatic rings.